The first-order valence-corrected chi connectivity index (χ1v) is 19.2. The maximum Gasteiger partial charge on any atom is 0.407 e. The third-order valence-corrected chi connectivity index (χ3v) is 10.2. The van der Waals surface area contributed by atoms with Crippen molar-refractivity contribution in [2.75, 3.05) is 26.2 Å². The van der Waals surface area contributed by atoms with Crippen LogP contribution in [0.3, 0.4) is 0 Å². The smallest absolute Gasteiger partial charge is 0.407 e. The Morgan fingerprint density at radius 1 is 0.759 bits per heavy atom. The van der Waals surface area contributed by atoms with E-state index in [1.165, 1.54) is 0 Å². The van der Waals surface area contributed by atoms with E-state index in [1.54, 1.807) is 0 Å². The summed E-state index contributed by atoms with van der Waals surface area (Å²) in [4.78, 5) is 44.0. The number of hydrogen-bond donors (Lipinski definition) is 2. The predicted octanol–water partition coefficient (Wildman–Crippen LogP) is 7.01. The molecule has 0 saturated carbocycles. The minimum absolute atomic E-state index is 0.00794. The molecule has 1 spiro atoms. The number of alkyl carbamates (subject to hydrolysis) is 1. The summed E-state index contributed by atoms with van der Waals surface area (Å²) in [6.07, 6.45) is 3.33. The number of carbonyl (C=O) groups is 3. The van der Waals surface area contributed by atoms with Gasteiger partial charge < -0.3 is 29.7 Å². The van der Waals surface area contributed by atoms with Gasteiger partial charge in [-0.1, -0.05) is 104 Å². The SMILES string of the molecule is CCCN1C(=O)[C@H](CCCCNC(=O)OCc2ccccc2)NC(=O)C12CCN(Cc1ccc(OCc3ccccc3)c(OCc3ccccc3)c1)CC2. The topological polar surface area (TPSA) is 109 Å². The number of carbonyl (C=O) groups excluding carboxylic acids is 3. The summed E-state index contributed by atoms with van der Waals surface area (Å²) < 4.78 is 17.8. The van der Waals surface area contributed by atoms with Gasteiger partial charge in [0, 0.05) is 32.7 Å². The van der Waals surface area contributed by atoms with Crippen LogP contribution in [0, 0.1) is 0 Å². The summed E-state index contributed by atoms with van der Waals surface area (Å²) in [7, 11) is 0. The maximum absolute atomic E-state index is 13.9. The highest BCUT2D eigenvalue weighted by Crippen LogP contribution is 2.36. The summed E-state index contributed by atoms with van der Waals surface area (Å²) in [5.74, 6) is 1.32. The Labute approximate surface area is 318 Å². The lowest BCUT2D eigenvalue weighted by Crippen LogP contribution is -2.72. The van der Waals surface area contributed by atoms with Gasteiger partial charge in [-0.3, -0.25) is 14.5 Å². The van der Waals surface area contributed by atoms with Crippen molar-refractivity contribution in [3.8, 4) is 11.5 Å². The Hall–Kier alpha value is -5.35. The summed E-state index contributed by atoms with van der Waals surface area (Å²) >= 11 is 0. The minimum atomic E-state index is -0.844. The van der Waals surface area contributed by atoms with E-state index >= 15 is 0 Å². The standard InChI is InChI=1S/C44H52N4O6/c1-2-26-48-41(49)38(20-12-13-25-45-43(51)54-33-36-18-10-5-11-19-36)46-42(50)44(48)23-27-47(28-24-44)30-37-21-22-39(52-31-34-14-6-3-7-15-34)40(29-37)53-32-35-16-8-4-9-17-35/h3-11,14-19,21-22,29,38H,2,12-13,20,23-28,30-33H2,1H3,(H,45,51)(H,46,50)/t38-/m0/s1. The quantitative estimate of drug-likeness (QED) is 0.113. The van der Waals surface area contributed by atoms with Crippen molar-refractivity contribution in [2.45, 2.75) is 83.4 Å². The van der Waals surface area contributed by atoms with E-state index in [9.17, 15) is 14.4 Å². The molecule has 0 aromatic heterocycles. The molecular weight excluding hydrogens is 681 g/mol. The second-order valence-corrected chi connectivity index (χ2v) is 14.1. The van der Waals surface area contributed by atoms with Crippen LogP contribution in [0.2, 0.25) is 0 Å². The highest BCUT2D eigenvalue weighted by Gasteiger charge is 2.53. The molecule has 6 rings (SSSR count). The number of piperazine rings is 1. The first-order chi connectivity index (χ1) is 26.4. The second kappa shape index (κ2) is 19.1. The first kappa shape index (κ1) is 38.4. The van der Waals surface area contributed by atoms with E-state index in [2.05, 4.69) is 27.7 Å². The molecule has 2 aliphatic heterocycles. The van der Waals surface area contributed by atoms with Crippen LogP contribution in [0.15, 0.2) is 109 Å². The lowest BCUT2D eigenvalue weighted by atomic mass is 9.81. The Bertz CT molecular complexity index is 1800. The van der Waals surface area contributed by atoms with E-state index in [1.807, 2.05) is 109 Å². The molecule has 54 heavy (non-hydrogen) atoms. The molecule has 2 fully saturated rings. The number of benzene rings is 4. The van der Waals surface area contributed by atoms with Crippen LogP contribution in [-0.2, 0) is 40.7 Å². The predicted molar refractivity (Wildman–Crippen MR) is 208 cm³/mol. The fourth-order valence-corrected chi connectivity index (χ4v) is 7.25. The number of piperidine rings is 1. The number of rotatable bonds is 17. The maximum atomic E-state index is 13.9. The van der Waals surface area contributed by atoms with E-state index in [-0.39, 0.29) is 18.4 Å². The summed E-state index contributed by atoms with van der Waals surface area (Å²) in [5, 5.41) is 5.87. The molecule has 2 heterocycles. The summed E-state index contributed by atoms with van der Waals surface area (Å²) in [5.41, 5.74) is 3.33. The van der Waals surface area contributed by atoms with Gasteiger partial charge in [-0.25, -0.2) is 4.79 Å². The molecule has 2 saturated heterocycles. The Morgan fingerprint density at radius 3 is 1.96 bits per heavy atom. The lowest BCUT2D eigenvalue weighted by molar-refractivity contribution is -0.161. The van der Waals surface area contributed by atoms with Crippen molar-refractivity contribution in [3.63, 3.8) is 0 Å². The Balaban J connectivity index is 1.01. The number of likely N-dealkylation sites (tertiary alicyclic amines) is 1. The van der Waals surface area contributed by atoms with Gasteiger partial charge in [0.25, 0.3) is 0 Å². The van der Waals surface area contributed by atoms with Crippen LogP contribution < -0.4 is 20.1 Å². The van der Waals surface area contributed by atoms with Gasteiger partial charge in [0.2, 0.25) is 11.8 Å². The molecule has 0 radical (unpaired) electrons. The zero-order valence-electron chi connectivity index (χ0n) is 31.2. The van der Waals surface area contributed by atoms with Crippen LogP contribution in [0.25, 0.3) is 0 Å². The van der Waals surface area contributed by atoms with E-state index in [0.717, 1.165) is 28.7 Å². The van der Waals surface area contributed by atoms with Crippen molar-refractivity contribution in [3.05, 3.63) is 131 Å². The summed E-state index contributed by atoms with van der Waals surface area (Å²) in [6, 6.07) is 35.2. The van der Waals surface area contributed by atoms with Crippen molar-refractivity contribution in [1.82, 2.24) is 20.4 Å². The molecule has 1 atom stereocenters. The van der Waals surface area contributed by atoms with Crippen molar-refractivity contribution in [2.24, 2.45) is 0 Å². The third kappa shape index (κ3) is 10.2. The molecule has 2 N–H and O–H groups in total. The van der Waals surface area contributed by atoms with Gasteiger partial charge in [-0.2, -0.15) is 0 Å². The molecule has 0 unspecified atom stereocenters. The van der Waals surface area contributed by atoms with Crippen LogP contribution >= 0.6 is 0 Å². The van der Waals surface area contributed by atoms with Gasteiger partial charge in [-0.15, -0.1) is 0 Å². The zero-order valence-corrected chi connectivity index (χ0v) is 31.2. The molecule has 0 bridgehead atoms. The highest BCUT2D eigenvalue weighted by atomic mass is 16.5. The van der Waals surface area contributed by atoms with Crippen LogP contribution in [0.5, 0.6) is 11.5 Å². The Morgan fingerprint density at radius 2 is 1.35 bits per heavy atom. The average molecular weight is 733 g/mol. The van der Waals surface area contributed by atoms with Crippen LogP contribution in [0.4, 0.5) is 4.79 Å². The number of amides is 3. The number of hydrogen-bond acceptors (Lipinski definition) is 7. The molecule has 4 aromatic rings. The van der Waals surface area contributed by atoms with Crippen LogP contribution in [0.1, 0.15) is 67.7 Å². The van der Waals surface area contributed by atoms with Crippen LogP contribution in [-0.4, -0.2) is 65.5 Å². The van der Waals surface area contributed by atoms with Crippen molar-refractivity contribution in [1.29, 1.82) is 0 Å². The third-order valence-electron chi connectivity index (χ3n) is 10.2. The normalized spacial score (nSPS) is 16.8. The molecule has 3 amide bonds. The average Bonchev–Trinajstić information content (AvgIpc) is 3.21. The van der Waals surface area contributed by atoms with Gasteiger partial charge in [0.15, 0.2) is 11.5 Å². The highest BCUT2D eigenvalue weighted by molar-refractivity contribution is 6.00. The monoisotopic (exact) mass is 732 g/mol. The lowest BCUT2D eigenvalue weighted by Gasteiger charge is -2.51. The van der Waals surface area contributed by atoms with Gasteiger partial charge in [0.1, 0.15) is 31.4 Å². The Kier molecular flexibility index (Phi) is 13.6. The molecule has 284 valence electrons. The molecule has 10 nitrogen and oxygen atoms in total. The molecule has 10 heteroatoms. The van der Waals surface area contributed by atoms with E-state index in [0.29, 0.717) is 89.5 Å². The van der Waals surface area contributed by atoms with Crippen molar-refractivity contribution >= 4 is 17.9 Å². The summed E-state index contributed by atoms with van der Waals surface area (Å²) in [6.45, 7) is 6.17. The molecule has 0 aliphatic carbocycles. The zero-order chi connectivity index (χ0) is 37.6. The fourth-order valence-electron chi connectivity index (χ4n) is 7.25. The number of unbranched alkanes of at least 4 members (excludes halogenated alkanes) is 1. The number of nitrogens with zero attached hydrogens (tertiary/aromatic N) is 2. The molecule has 2 aliphatic rings. The number of ether oxygens (including phenoxy) is 3. The first-order valence-electron chi connectivity index (χ1n) is 19.2. The minimum Gasteiger partial charge on any atom is -0.485 e. The van der Waals surface area contributed by atoms with E-state index in [4.69, 9.17) is 14.2 Å². The van der Waals surface area contributed by atoms with Gasteiger partial charge in [-0.05, 0) is 72.9 Å². The van der Waals surface area contributed by atoms with Crippen molar-refractivity contribution < 1.29 is 28.6 Å². The number of nitrogens with one attached hydrogen (secondary N) is 2. The second-order valence-electron chi connectivity index (χ2n) is 14.1. The van der Waals surface area contributed by atoms with Gasteiger partial charge >= 0.3 is 6.09 Å². The molecular formula is C44H52N4O6. The molecule has 4 aromatic carbocycles. The van der Waals surface area contributed by atoms with Gasteiger partial charge in [0.05, 0.1) is 0 Å². The van der Waals surface area contributed by atoms with E-state index < -0.39 is 17.7 Å². The fraction of sp³-hybridized carbons (Fsp3) is 0.386. The largest absolute Gasteiger partial charge is 0.485 e.